The van der Waals surface area contributed by atoms with Crippen LogP contribution in [0.5, 0.6) is 5.75 Å². The maximum Gasteiger partial charge on any atom is 0.120 e. The Labute approximate surface area is 125 Å². The van der Waals surface area contributed by atoms with Crippen molar-refractivity contribution < 1.29 is 9.47 Å². The second-order valence-electron chi connectivity index (χ2n) is 5.88. The molecular formula is C17H24N2O2. The second-order valence-corrected chi connectivity index (χ2v) is 5.88. The molecule has 1 aliphatic heterocycles. The maximum atomic E-state index is 6.05. The lowest BCUT2D eigenvalue weighted by atomic mass is 10.0. The number of methoxy groups -OCH3 is 1. The van der Waals surface area contributed by atoms with Gasteiger partial charge in [-0.2, -0.15) is 0 Å². The fraction of sp³-hybridized carbons (Fsp3) is 0.529. The molecule has 0 saturated carbocycles. The lowest BCUT2D eigenvalue weighted by Gasteiger charge is -2.08. The number of hydrogen-bond donors (Lipinski definition) is 1. The first-order valence-electron chi connectivity index (χ1n) is 7.72. The summed E-state index contributed by atoms with van der Waals surface area (Å²) in [6, 6.07) is 6.57. The van der Waals surface area contributed by atoms with Gasteiger partial charge in [0.25, 0.3) is 0 Å². The molecule has 1 aromatic heterocycles. The van der Waals surface area contributed by atoms with Gasteiger partial charge >= 0.3 is 0 Å². The van der Waals surface area contributed by atoms with Crippen molar-refractivity contribution in [1.82, 2.24) is 4.57 Å². The highest BCUT2D eigenvalue weighted by molar-refractivity contribution is 5.87. The monoisotopic (exact) mass is 288 g/mol. The minimum atomic E-state index is 0.180. The van der Waals surface area contributed by atoms with Crippen LogP contribution in [0, 0.1) is 0 Å². The van der Waals surface area contributed by atoms with E-state index >= 15 is 0 Å². The Morgan fingerprint density at radius 3 is 2.95 bits per heavy atom. The smallest absolute Gasteiger partial charge is 0.120 e. The van der Waals surface area contributed by atoms with Gasteiger partial charge in [0, 0.05) is 36.3 Å². The molecule has 4 nitrogen and oxygen atoms in total. The highest BCUT2D eigenvalue weighted by Gasteiger charge is 2.21. The number of nitrogens with zero attached hydrogens (tertiary/aromatic N) is 1. The number of aryl methyl sites for hydroxylation is 1. The maximum absolute atomic E-state index is 6.05. The quantitative estimate of drug-likeness (QED) is 0.831. The molecule has 2 aromatic rings. The number of hydrogen-bond acceptors (Lipinski definition) is 3. The Morgan fingerprint density at radius 2 is 2.19 bits per heavy atom. The number of ether oxygens (including phenoxy) is 2. The zero-order valence-corrected chi connectivity index (χ0v) is 12.9. The van der Waals surface area contributed by atoms with Gasteiger partial charge in [-0.3, -0.25) is 0 Å². The molecule has 1 aliphatic rings. The van der Waals surface area contributed by atoms with E-state index < -0.39 is 0 Å². The third kappa shape index (κ3) is 2.78. The van der Waals surface area contributed by atoms with Crippen molar-refractivity contribution in [1.29, 1.82) is 0 Å². The Morgan fingerprint density at radius 1 is 1.33 bits per heavy atom. The van der Waals surface area contributed by atoms with Crippen molar-refractivity contribution in [3.8, 4) is 5.75 Å². The van der Waals surface area contributed by atoms with E-state index in [-0.39, 0.29) is 6.04 Å². The van der Waals surface area contributed by atoms with Gasteiger partial charge in [0.05, 0.1) is 6.61 Å². The van der Waals surface area contributed by atoms with Crippen molar-refractivity contribution in [2.24, 2.45) is 5.73 Å². The Hall–Kier alpha value is -1.52. The van der Waals surface area contributed by atoms with Gasteiger partial charge in [0.15, 0.2) is 0 Å². The van der Waals surface area contributed by atoms with Crippen molar-refractivity contribution in [3.05, 3.63) is 29.5 Å². The number of benzene rings is 1. The van der Waals surface area contributed by atoms with Gasteiger partial charge in [0.2, 0.25) is 0 Å². The van der Waals surface area contributed by atoms with E-state index in [4.69, 9.17) is 15.2 Å². The molecule has 0 unspecified atom stereocenters. The second kappa shape index (κ2) is 6.08. The first-order valence-corrected chi connectivity index (χ1v) is 7.72. The molecule has 1 aromatic carbocycles. The molecule has 0 fully saturated rings. The molecule has 0 saturated heterocycles. The summed E-state index contributed by atoms with van der Waals surface area (Å²) in [5.74, 6) is 0.912. The summed E-state index contributed by atoms with van der Waals surface area (Å²) in [6.07, 6.45) is 3.33. The van der Waals surface area contributed by atoms with E-state index in [1.54, 1.807) is 7.11 Å². The van der Waals surface area contributed by atoms with Gasteiger partial charge in [0.1, 0.15) is 12.4 Å². The fourth-order valence-electron chi connectivity index (χ4n) is 3.28. The molecule has 2 N–H and O–H groups in total. The first-order chi connectivity index (χ1) is 10.2. The molecule has 0 spiro atoms. The van der Waals surface area contributed by atoms with Crippen LogP contribution in [0.4, 0.5) is 0 Å². The number of nitrogens with two attached hydrogens (primary N) is 1. The predicted molar refractivity (Wildman–Crippen MR) is 85.0 cm³/mol. The van der Waals surface area contributed by atoms with Crippen LogP contribution < -0.4 is 10.5 Å². The van der Waals surface area contributed by atoms with Crippen LogP contribution in [0.2, 0.25) is 0 Å². The van der Waals surface area contributed by atoms with E-state index in [0.29, 0.717) is 13.2 Å². The third-order valence-corrected chi connectivity index (χ3v) is 4.14. The number of rotatable bonds is 6. The zero-order chi connectivity index (χ0) is 14.8. The Kier molecular flexibility index (Phi) is 4.17. The van der Waals surface area contributed by atoms with E-state index in [1.807, 2.05) is 0 Å². The van der Waals surface area contributed by atoms with Gasteiger partial charge in [-0.25, -0.2) is 0 Å². The van der Waals surface area contributed by atoms with Crippen molar-refractivity contribution in [2.45, 2.75) is 38.8 Å². The summed E-state index contributed by atoms with van der Waals surface area (Å²) in [6.45, 7) is 4.38. The van der Waals surface area contributed by atoms with Crippen LogP contribution in [0.3, 0.4) is 0 Å². The largest absolute Gasteiger partial charge is 0.491 e. The summed E-state index contributed by atoms with van der Waals surface area (Å²) in [7, 11) is 1.69. The summed E-state index contributed by atoms with van der Waals surface area (Å²) in [5, 5.41) is 1.30. The SMILES string of the molecule is COCCOc1ccc2c(c1)c(C[C@H](C)N)c1n2CCC1. The molecule has 21 heavy (non-hydrogen) atoms. The van der Waals surface area contributed by atoms with Crippen LogP contribution in [0.15, 0.2) is 18.2 Å². The summed E-state index contributed by atoms with van der Waals surface area (Å²) >= 11 is 0. The van der Waals surface area contributed by atoms with Crippen LogP contribution in [0.25, 0.3) is 10.9 Å². The molecule has 3 rings (SSSR count). The fourth-order valence-corrected chi connectivity index (χ4v) is 3.28. The molecular weight excluding hydrogens is 264 g/mol. The first kappa shape index (κ1) is 14.4. The number of aromatic nitrogens is 1. The van der Waals surface area contributed by atoms with Crippen LogP contribution in [-0.4, -0.2) is 30.9 Å². The van der Waals surface area contributed by atoms with E-state index in [2.05, 4.69) is 29.7 Å². The topological polar surface area (TPSA) is 49.4 Å². The molecule has 0 aliphatic carbocycles. The zero-order valence-electron chi connectivity index (χ0n) is 12.9. The summed E-state index contributed by atoms with van der Waals surface area (Å²) < 4.78 is 13.2. The Balaban J connectivity index is 1.98. The lowest BCUT2D eigenvalue weighted by Crippen LogP contribution is -2.18. The van der Waals surface area contributed by atoms with Crippen molar-refractivity contribution in [3.63, 3.8) is 0 Å². The molecule has 0 amide bonds. The average molecular weight is 288 g/mol. The van der Waals surface area contributed by atoms with Gasteiger partial charge in [-0.1, -0.05) is 0 Å². The molecule has 114 valence electrons. The molecule has 2 heterocycles. The van der Waals surface area contributed by atoms with E-state index in [1.165, 1.54) is 28.6 Å². The molecule has 4 heteroatoms. The minimum Gasteiger partial charge on any atom is -0.491 e. The van der Waals surface area contributed by atoms with Gasteiger partial charge < -0.3 is 19.8 Å². The predicted octanol–water partition coefficient (Wildman–Crippen LogP) is 2.50. The van der Waals surface area contributed by atoms with Crippen LogP contribution >= 0.6 is 0 Å². The summed E-state index contributed by atoms with van der Waals surface area (Å²) in [5.41, 5.74) is 10.2. The average Bonchev–Trinajstić information content (AvgIpc) is 3.02. The van der Waals surface area contributed by atoms with Crippen LogP contribution in [0.1, 0.15) is 24.6 Å². The normalized spacial score (nSPS) is 15.4. The minimum absolute atomic E-state index is 0.180. The van der Waals surface area contributed by atoms with Gasteiger partial charge in [-0.05, 0) is 49.9 Å². The van der Waals surface area contributed by atoms with Crippen molar-refractivity contribution in [2.75, 3.05) is 20.3 Å². The van der Waals surface area contributed by atoms with Gasteiger partial charge in [-0.15, -0.1) is 0 Å². The molecule has 0 radical (unpaired) electrons. The third-order valence-electron chi connectivity index (χ3n) is 4.14. The number of fused-ring (bicyclic) bond motifs is 3. The Bertz CT molecular complexity index is 631. The van der Waals surface area contributed by atoms with E-state index in [9.17, 15) is 0 Å². The van der Waals surface area contributed by atoms with Crippen molar-refractivity contribution >= 4 is 10.9 Å². The standard InChI is InChI=1S/C17H24N2O2/c1-12(18)10-14-15-11-13(21-9-8-20-2)5-6-17(15)19-7-3-4-16(14)19/h5-6,11-12H,3-4,7-10,18H2,1-2H3/t12-/m0/s1. The highest BCUT2D eigenvalue weighted by Crippen LogP contribution is 2.34. The van der Waals surface area contributed by atoms with Crippen LogP contribution in [-0.2, 0) is 24.1 Å². The van der Waals surface area contributed by atoms with E-state index in [0.717, 1.165) is 25.1 Å². The summed E-state index contributed by atoms with van der Waals surface area (Å²) in [4.78, 5) is 0. The lowest BCUT2D eigenvalue weighted by molar-refractivity contribution is 0.146. The highest BCUT2D eigenvalue weighted by atomic mass is 16.5. The molecule has 0 bridgehead atoms. The molecule has 1 atom stereocenters.